The Morgan fingerprint density at radius 2 is 1.95 bits per heavy atom. The van der Waals surface area contributed by atoms with Crippen molar-refractivity contribution in [1.29, 1.82) is 0 Å². The summed E-state index contributed by atoms with van der Waals surface area (Å²) in [6, 6.07) is 9.94. The predicted molar refractivity (Wildman–Crippen MR) is 86.1 cm³/mol. The van der Waals surface area contributed by atoms with Crippen LogP contribution in [0.3, 0.4) is 0 Å². The van der Waals surface area contributed by atoms with Gasteiger partial charge in [-0.25, -0.2) is 4.79 Å². The molecule has 0 saturated heterocycles. The van der Waals surface area contributed by atoms with Gasteiger partial charge in [0.15, 0.2) is 0 Å². The molecular formula is C16H23NO2S. The van der Waals surface area contributed by atoms with Crippen molar-refractivity contribution in [1.82, 2.24) is 5.32 Å². The van der Waals surface area contributed by atoms with Gasteiger partial charge in [-0.2, -0.15) is 0 Å². The molecule has 110 valence electrons. The Morgan fingerprint density at radius 3 is 2.50 bits per heavy atom. The highest BCUT2D eigenvalue weighted by atomic mass is 32.1. The van der Waals surface area contributed by atoms with Gasteiger partial charge in [-0.05, 0) is 24.8 Å². The molecule has 0 radical (unpaired) electrons. The number of hydrogen-bond donors (Lipinski definition) is 1. The molecule has 0 aliphatic carbocycles. The normalized spacial score (nSPS) is 12.0. The van der Waals surface area contributed by atoms with Gasteiger partial charge in [-0.15, -0.1) is 0 Å². The molecule has 0 spiro atoms. The van der Waals surface area contributed by atoms with E-state index >= 15 is 0 Å². The Labute approximate surface area is 126 Å². The largest absolute Gasteiger partial charge is 0.450 e. The molecule has 0 heterocycles. The Kier molecular flexibility index (Phi) is 7.23. The quantitative estimate of drug-likeness (QED) is 0.778. The number of rotatable bonds is 7. The van der Waals surface area contributed by atoms with Crippen molar-refractivity contribution in [3.8, 4) is 0 Å². The van der Waals surface area contributed by atoms with E-state index in [1.165, 1.54) is 0 Å². The maximum absolute atomic E-state index is 11.6. The van der Waals surface area contributed by atoms with Crippen molar-refractivity contribution in [2.75, 3.05) is 6.61 Å². The maximum Gasteiger partial charge on any atom is 0.407 e. The first kappa shape index (κ1) is 16.6. The molecule has 3 nitrogen and oxygen atoms in total. The highest BCUT2D eigenvalue weighted by molar-refractivity contribution is 7.80. The van der Waals surface area contributed by atoms with Crippen LogP contribution in [0.25, 0.3) is 0 Å². The Hall–Kier alpha value is -1.42. The number of nitrogens with one attached hydrogen (secondary N) is 1. The van der Waals surface area contributed by atoms with Gasteiger partial charge in [-0.1, -0.05) is 56.4 Å². The second-order valence-electron chi connectivity index (χ2n) is 5.18. The van der Waals surface area contributed by atoms with E-state index < -0.39 is 6.09 Å². The van der Waals surface area contributed by atoms with Gasteiger partial charge < -0.3 is 10.1 Å². The molecule has 4 heteroatoms. The van der Waals surface area contributed by atoms with Gasteiger partial charge in [0.25, 0.3) is 0 Å². The smallest absolute Gasteiger partial charge is 0.407 e. The van der Waals surface area contributed by atoms with Crippen molar-refractivity contribution in [3.05, 3.63) is 35.9 Å². The Balaban J connectivity index is 2.66. The summed E-state index contributed by atoms with van der Waals surface area (Å²) in [6.45, 7) is 6.39. The molecule has 1 amide bonds. The third-order valence-electron chi connectivity index (χ3n) is 2.88. The summed E-state index contributed by atoms with van der Waals surface area (Å²) in [5.41, 5.74) is 1.16. The number of thiocarbonyl (C=S) groups is 1. The highest BCUT2D eigenvalue weighted by Gasteiger charge is 2.19. The lowest BCUT2D eigenvalue weighted by atomic mass is 9.97. The zero-order valence-electron chi connectivity index (χ0n) is 12.4. The number of amides is 1. The van der Waals surface area contributed by atoms with Crippen LogP contribution in [0.2, 0.25) is 0 Å². The summed E-state index contributed by atoms with van der Waals surface area (Å²) >= 11 is 5.51. The van der Waals surface area contributed by atoms with Gasteiger partial charge >= 0.3 is 6.09 Å². The number of benzene rings is 1. The fraction of sp³-hybridized carbons (Fsp3) is 0.500. The highest BCUT2D eigenvalue weighted by Crippen LogP contribution is 2.11. The first-order valence-corrected chi connectivity index (χ1v) is 7.43. The first-order chi connectivity index (χ1) is 9.52. The van der Waals surface area contributed by atoms with Gasteiger partial charge in [-0.3, -0.25) is 0 Å². The van der Waals surface area contributed by atoms with E-state index in [2.05, 4.69) is 19.2 Å². The molecule has 1 aromatic rings. The molecule has 0 aliphatic heterocycles. The van der Waals surface area contributed by atoms with Crippen LogP contribution in [0.5, 0.6) is 0 Å². The number of alkyl carbamates (subject to hydrolysis) is 1. The molecule has 0 fully saturated rings. The van der Waals surface area contributed by atoms with E-state index in [1.807, 2.05) is 30.3 Å². The summed E-state index contributed by atoms with van der Waals surface area (Å²) in [6.07, 6.45) is 1.12. The second kappa shape index (κ2) is 8.69. The van der Waals surface area contributed by atoms with Gasteiger partial charge in [0.1, 0.15) is 0 Å². The minimum atomic E-state index is -0.395. The van der Waals surface area contributed by atoms with Crippen molar-refractivity contribution in [2.45, 2.75) is 39.7 Å². The standard InChI is InChI=1S/C16H23NO2S/c1-4-19-16(18)17-14(10-12(2)3)15(20)11-13-8-6-5-7-9-13/h5-9,12,14H,4,10-11H2,1-3H3,(H,17,18)/t14-/m0/s1. The van der Waals surface area contributed by atoms with E-state index in [0.29, 0.717) is 18.9 Å². The van der Waals surface area contributed by atoms with E-state index in [-0.39, 0.29) is 6.04 Å². The fourth-order valence-electron chi connectivity index (χ4n) is 1.98. The average molecular weight is 293 g/mol. The summed E-state index contributed by atoms with van der Waals surface area (Å²) in [5, 5.41) is 2.87. The third kappa shape index (κ3) is 6.15. The molecule has 1 rings (SSSR count). The van der Waals surface area contributed by atoms with Crippen LogP contribution < -0.4 is 5.32 Å². The van der Waals surface area contributed by atoms with Crippen LogP contribution in [0.1, 0.15) is 32.8 Å². The minimum Gasteiger partial charge on any atom is -0.450 e. The van der Waals surface area contributed by atoms with E-state index in [9.17, 15) is 4.79 Å². The first-order valence-electron chi connectivity index (χ1n) is 7.02. The van der Waals surface area contributed by atoms with Crippen LogP contribution >= 0.6 is 12.2 Å². The van der Waals surface area contributed by atoms with E-state index in [0.717, 1.165) is 16.8 Å². The lowest BCUT2D eigenvalue weighted by Gasteiger charge is -2.21. The van der Waals surface area contributed by atoms with Crippen LogP contribution in [-0.4, -0.2) is 23.6 Å². The van der Waals surface area contributed by atoms with Gasteiger partial charge in [0.05, 0.1) is 12.6 Å². The van der Waals surface area contributed by atoms with Crippen molar-refractivity contribution in [3.63, 3.8) is 0 Å². The minimum absolute atomic E-state index is 0.121. The molecule has 0 bridgehead atoms. The molecule has 0 unspecified atom stereocenters. The second-order valence-corrected chi connectivity index (χ2v) is 5.70. The van der Waals surface area contributed by atoms with Crippen LogP contribution in [0.15, 0.2) is 30.3 Å². The monoisotopic (exact) mass is 293 g/mol. The molecule has 0 aromatic heterocycles. The zero-order chi connectivity index (χ0) is 15.0. The molecule has 1 aromatic carbocycles. The number of hydrogen-bond acceptors (Lipinski definition) is 3. The molecular weight excluding hydrogens is 270 g/mol. The van der Waals surface area contributed by atoms with Crippen molar-refractivity contribution >= 4 is 23.2 Å². The molecule has 20 heavy (non-hydrogen) atoms. The summed E-state index contributed by atoms with van der Waals surface area (Å²) in [5.74, 6) is 0.454. The van der Waals surface area contributed by atoms with Crippen molar-refractivity contribution < 1.29 is 9.53 Å². The molecule has 0 saturated carbocycles. The fourth-order valence-corrected chi connectivity index (χ4v) is 2.30. The topological polar surface area (TPSA) is 38.3 Å². The lowest BCUT2D eigenvalue weighted by molar-refractivity contribution is 0.149. The summed E-state index contributed by atoms with van der Waals surface area (Å²) in [4.78, 5) is 12.4. The third-order valence-corrected chi connectivity index (χ3v) is 3.31. The summed E-state index contributed by atoms with van der Waals surface area (Å²) in [7, 11) is 0. The van der Waals surface area contributed by atoms with E-state index in [4.69, 9.17) is 17.0 Å². The summed E-state index contributed by atoms with van der Waals surface area (Å²) < 4.78 is 4.94. The number of carbonyl (C=O) groups is 1. The lowest BCUT2D eigenvalue weighted by Crippen LogP contribution is -2.42. The zero-order valence-corrected chi connectivity index (χ0v) is 13.2. The van der Waals surface area contributed by atoms with Crippen LogP contribution in [0, 0.1) is 5.92 Å². The average Bonchev–Trinajstić information content (AvgIpc) is 2.39. The molecule has 1 atom stereocenters. The maximum atomic E-state index is 11.6. The van der Waals surface area contributed by atoms with Crippen LogP contribution in [-0.2, 0) is 11.2 Å². The molecule has 1 N–H and O–H groups in total. The van der Waals surface area contributed by atoms with E-state index in [1.54, 1.807) is 6.92 Å². The SMILES string of the molecule is CCOC(=O)N[C@@H](CC(C)C)C(=S)Cc1ccccc1. The predicted octanol–water partition coefficient (Wildman–Crippen LogP) is 3.76. The van der Waals surface area contributed by atoms with Gasteiger partial charge in [0.2, 0.25) is 0 Å². The van der Waals surface area contributed by atoms with Gasteiger partial charge in [0, 0.05) is 11.3 Å². The Morgan fingerprint density at radius 1 is 1.30 bits per heavy atom. The number of ether oxygens (including phenoxy) is 1. The van der Waals surface area contributed by atoms with Crippen LogP contribution in [0.4, 0.5) is 4.79 Å². The molecule has 0 aliphatic rings. The number of carbonyl (C=O) groups excluding carboxylic acids is 1. The Bertz CT molecular complexity index is 431. The van der Waals surface area contributed by atoms with Crippen molar-refractivity contribution in [2.24, 2.45) is 5.92 Å².